The molecule has 1 saturated carbocycles. The molecule has 1 aliphatic heterocycles. The Labute approximate surface area is 116 Å². The summed E-state index contributed by atoms with van der Waals surface area (Å²) in [7, 11) is 0. The lowest BCUT2D eigenvalue weighted by Gasteiger charge is -2.37. The average molecular weight is 278 g/mol. The Morgan fingerprint density at radius 2 is 2.25 bits per heavy atom. The van der Waals surface area contributed by atoms with Crippen molar-refractivity contribution in [3.63, 3.8) is 0 Å². The molecule has 1 aliphatic carbocycles. The van der Waals surface area contributed by atoms with Crippen LogP contribution in [-0.2, 0) is 4.79 Å². The molecule has 108 valence electrons. The van der Waals surface area contributed by atoms with E-state index < -0.39 is 11.4 Å². The number of carbonyl (C=O) groups excluding carboxylic acids is 1. The summed E-state index contributed by atoms with van der Waals surface area (Å²) in [5, 5.41) is 13.1. The van der Waals surface area contributed by atoms with Crippen molar-refractivity contribution < 1.29 is 19.2 Å². The van der Waals surface area contributed by atoms with E-state index in [2.05, 4.69) is 5.16 Å². The number of carbonyl (C=O) groups is 2. The molecule has 0 radical (unpaired) electrons. The largest absolute Gasteiger partial charge is 0.481 e. The van der Waals surface area contributed by atoms with Crippen LogP contribution in [0, 0.1) is 5.41 Å². The van der Waals surface area contributed by atoms with E-state index in [0.29, 0.717) is 31.0 Å². The zero-order valence-electron chi connectivity index (χ0n) is 11.5. The van der Waals surface area contributed by atoms with Crippen LogP contribution in [0.25, 0.3) is 0 Å². The van der Waals surface area contributed by atoms with Crippen LogP contribution in [0.4, 0.5) is 0 Å². The maximum Gasteiger partial charge on any atom is 0.311 e. The Morgan fingerprint density at radius 1 is 1.50 bits per heavy atom. The molecule has 2 heterocycles. The number of likely N-dealkylation sites (tertiary alicyclic amines) is 1. The van der Waals surface area contributed by atoms with Crippen molar-refractivity contribution in [2.24, 2.45) is 5.41 Å². The van der Waals surface area contributed by atoms with Crippen LogP contribution in [0.15, 0.2) is 10.6 Å². The molecule has 0 spiro atoms. The minimum absolute atomic E-state index is 0.229. The van der Waals surface area contributed by atoms with Gasteiger partial charge in [-0.3, -0.25) is 9.59 Å². The smallest absolute Gasteiger partial charge is 0.311 e. The molecule has 2 aliphatic rings. The standard InChI is InChI=1S/C14H18N2O4/c1-14(13(18)19)5-2-6-16(8-14)12(17)10-7-11(20-15-10)9-3-4-9/h7,9H,2-6,8H2,1H3,(H,18,19). The first-order valence-electron chi connectivity index (χ1n) is 6.99. The molecule has 1 atom stereocenters. The first kappa shape index (κ1) is 13.1. The normalized spacial score (nSPS) is 26.6. The summed E-state index contributed by atoms with van der Waals surface area (Å²) in [6.07, 6.45) is 3.47. The molecule has 1 saturated heterocycles. The minimum atomic E-state index is -0.864. The quantitative estimate of drug-likeness (QED) is 0.912. The van der Waals surface area contributed by atoms with Crippen molar-refractivity contribution in [1.29, 1.82) is 0 Å². The van der Waals surface area contributed by atoms with Crippen LogP contribution in [0.5, 0.6) is 0 Å². The van der Waals surface area contributed by atoms with Gasteiger partial charge in [0.2, 0.25) is 0 Å². The van der Waals surface area contributed by atoms with Crippen LogP contribution in [-0.4, -0.2) is 40.1 Å². The third-order valence-electron chi connectivity index (χ3n) is 4.23. The van der Waals surface area contributed by atoms with E-state index in [9.17, 15) is 14.7 Å². The molecular weight excluding hydrogens is 260 g/mol. The lowest BCUT2D eigenvalue weighted by molar-refractivity contribution is -0.150. The molecule has 1 aromatic rings. The summed E-state index contributed by atoms with van der Waals surface area (Å²) < 4.78 is 5.19. The van der Waals surface area contributed by atoms with E-state index in [1.165, 1.54) is 0 Å². The van der Waals surface area contributed by atoms with Crippen LogP contribution in [0.1, 0.15) is 54.8 Å². The van der Waals surface area contributed by atoms with Gasteiger partial charge in [-0.2, -0.15) is 0 Å². The van der Waals surface area contributed by atoms with Gasteiger partial charge >= 0.3 is 5.97 Å². The van der Waals surface area contributed by atoms with Gasteiger partial charge in [0.05, 0.1) is 5.41 Å². The van der Waals surface area contributed by atoms with Crippen LogP contribution < -0.4 is 0 Å². The maximum atomic E-state index is 12.4. The Hall–Kier alpha value is -1.85. The second kappa shape index (κ2) is 4.61. The summed E-state index contributed by atoms with van der Waals surface area (Å²) in [5.41, 5.74) is -0.571. The third kappa shape index (κ3) is 2.30. The predicted molar refractivity (Wildman–Crippen MR) is 69.4 cm³/mol. The second-order valence-electron chi connectivity index (χ2n) is 6.08. The molecule has 2 fully saturated rings. The molecule has 1 unspecified atom stereocenters. The zero-order chi connectivity index (χ0) is 14.3. The van der Waals surface area contributed by atoms with Gasteiger partial charge in [-0.05, 0) is 32.6 Å². The molecule has 6 heteroatoms. The number of hydrogen-bond donors (Lipinski definition) is 1. The number of carboxylic acid groups (broad SMARTS) is 1. The van der Waals surface area contributed by atoms with Gasteiger partial charge in [-0.25, -0.2) is 0 Å². The minimum Gasteiger partial charge on any atom is -0.481 e. The molecule has 1 amide bonds. The number of carboxylic acids is 1. The number of piperidine rings is 1. The van der Waals surface area contributed by atoms with E-state index in [0.717, 1.165) is 18.6 Å². The van der Waals surface area contributed by atoms with Gasteiger partial charge in [-0.1, -0.05) is 5.16 Å². The second-order valence-corrected chi connectivity index (χ2v) is 6.08. The molecule has 6 nitrogen and oxygen atoms in total. The van der Waals surface area contributed by atoms with E-state index in [4.69, 9.17) is 4.52 Å². The number of rotatable bonds is 3. The van der Waals surface area contributed by atoms with E-state index >= 15 is 0 Å². The van der Waals surface area contributed by atoms with Crippen LogP contribution >= 0.6 is 0 Å². The van der Waals surface area contributed by atoms with E-state index in [1.54, 1.807) is 17.9 Å². The van der Waals surface area contributed by atoms with Gasteiger partial charge in [0.25, 0.3) is 5.91 Å². The Bertz CT molecular complexity index is 549. The summed E-state index contributed by atoms with van der Waals surface area (Å²) in [6.45, 7) is 2.49. The van der Waals surface area contributed by atoms with Crippen molar-refractivity contribution in [3.05, 3.63) is 17.5 Å². The van der Waals surface area contributed by atoms with E-state index in [1.807, 2.05) is 0 Å². The summed E-state index contributed by atoms with van der Waals surface area (Å²) in [6, 6.07) is 1.70. The Kier molecular flexibility index (Phi) is 3.03. The van der Waals surface area contributed by atoms with Crippen LogP contribution in [0.3, 0.4) is 0 Å². The molecule has 0 aromatic carbocycles. The number of amides is 1. The molecule has 0 bridgehead atoms. The highest BCUT2D eigenvalue weighted by atomic mass is 16.5. The fraction of sp³-hybridized carbons (Fsp3) is 0.643. The number of aliphatic carboxylic acids is 1. The highest BCUT2D eigenvalue weighted by molar-refractivity contribution is 5.93. The number of nitrogens with zero attached hydrogens (tertiary/aromatic N) is 2. The number of hydrogen-bond acceptors (Lipinski definition) is 4. The maximum absolute atomic E-state index is 12.4. The summed E-state index contributed by atoms with van der Waals surface area (Å²) >= 11 is 0. The SMILES string of the molecule is CC1(C(=O)O)CCCN(C(=O)c2cc(C3CC3)on2)C1. The third-order valence-corrected chi connectivity index (χ3v) is 4.23. The van der Waals surface area contributed by atoms with E-state index in [-0.39, 0.29) is 12.5 Å². The lowest BCUT2D eigenvalue weighted by atomic mass is 9.82. The van der Waals surface area contributed by atoms with Crippen molar-refractivity contribution in [2.75, 3.05) is 13.1 Å². The van der Waals surface area contributed by atoms with Crippen molar-refractivity contribution in [3.8, 4) is 0 Å². The molecule has 3 rings (SSSR count). The van der Waals surface area contributed by atoms with Gasteiger partial charge in [-0.15, -0.1) is 0 Å². The molecule has 1 aromatic heterocycles. The highest BCUT2D eigenvalue weighted by Crippen LogP contribution is 2.40. The fourth-order valence-corrected chi connectivity index (χ4v) is 2.70. The Balaban J connectivity index is 1.73. The first-order valence-corrected chi connectivity index (χ1v) is 6.99. The van der Waals surface area contributed by atoms with Gasteiger partial charge < -0.3 is 14.5 Å². The van der Waals surface area contributed by atoms with Crippen molar-refractivity contribution in [1.82, 2.24) is 10.1 Å². The summed E-state index contributed by atoms with van der Waals surface area (Å²) in [4.78, 5) is 25.3. The first-order chi connectivity index (χ1) is 9.49. The van der Waals surface area contributed by atoms with Gasteiger partial charge in [0, 0.05) is 25.1 Å². The monoisotopic (exact) mass is 278 g/mol. The average Bonchev–Trinajstić information content (AvgIpc) is 3.16. The highest BCUT2D eigenvalue weighted by Gasteiger charge is 2.40. The Morgan fingerprint density at radius 3 is 2.90 bits per heavy atom. The predicted octanol–water partition coefficient (Wildman–Crippen LogP) is 1.88. The zero-order valence-corrected chi connectivity index (χ0v) is 11.5. The number of aromatic nitrogens is 1. The topological polar surface area (TPSA) is 83.6 Å². The molecule has 1 N–H and O–H groups in total. The van der Waals surface area contributed by atoms with Crippen LogP contribution in [0.2, 0.25) is 0 Å². The summed E-state index contributed by atoms with van der Waals surface area (Å²) in [5.74, 6) is 0.0997. The van der Waals surface area contributed by atoms with Crippen molar-refractivity contribution >= 4 is 11.9 Å². The van der Waals surface area contributed by atoms with Gasteiger partial charge in [0.15, 0.2) is 5.69 Å². The van der Waals surface area contributed by atoms with Gasteiger partial charge in [0.1, 0.15) is 5.76 Å². The molecule has 20 heavy (non-hydrogen) atoms. The fourth-order valence-electron chi connectivity index (χ4n) is 2.70. The molecular formula is C14H18N2O4. The lowest BCUT2D eigenvalue weighted by Crippen LogP contribution is -2.48. The van der Waals surface area contributed by atoms with Crippen molar-refractivity contribution in [2.45, 2.75) is 38.5 Å².